The summed E-state index contributed by atoms with van der Waals surface area (Å²) < 4.78 is 1.10. The molecule has 1 saturated heterocycles. The van der Waals surface area contributed by atoms with Crippen LogP contribution in [0.4, 0.5) is 0 Å². The molecule has 0 unspecified atom stereocenters. The van der Waals surface area contributed by atoms with Crippen molar-refractivity contribution in [3.8, 4) is 0 Å². The van der Waals surface area contributed by atoms with E-state index in [1.54, 1.807) is 0 Å². The lowest BCUT2D eigenvalue weighted by Gasteiger charge is -2.21. The molecule has 0 spiro atoms. The quantitative estimate of drug-likeness (QED) is 0.784. The highest BCUT2D eigenvalue weighted by Crippen LogP contribution is 2.37. The maximum atomic E-state index is 13.1. The number of hydrogen-bond acceptors (Lipinski definition) is 3. The van der Waals surface area contributed by atoms with Gasteiger partial charge in [-0.2, -0.15) is 0 Å². The maximum Gasteiger partial charge on any atom is 0.261 e. The average Bonchev–Trinajstić information content (AvgIpc) is 3.22. The molecule has 0 bridgehead atoms. The molecule has 3 heterocycles. The number of allylic oxidation sites excluding steroid dienone is 2. The van der Waals surface area contributed by atoms with E-state index in [0.717, 1.165) is 58.4 Å². The fourth-order valence-corrected chi connectivity index (χ4v) is 5.88. The molecule has 5 rings (SSSR count). The van der Waals surface area contributed by atoms with Crippen molar-refractivity contribution < 1.29 is 9.59 Å². The van der Waals surface area contributed by atoms with Crippen LogP contribution in [0, 0.1) is 11.8 Å². The van der Waals surface area contributed by atoms with Crippen LogP contribution >= 0.6 is 11.3 Å². The topological polar surface area (TPSA) is 49.4 Å². The minimum absolute atomic E-state index is 0.0202. The number of carbonyl (C=O) groups is 2. The first kappa shape index (κ1) is 16.1. The van der Waals surface area contributed by atoms with Crippen molar-refractivity contribution in [1.29, 1.82) is 0 Å². The molecular weight excluding hydrogens is 344 g/mol. The van der Waals surface area contributed by atoms with E-state index < -0.39 is 0 Å². The second kappa shape index (κ2) is 5.95. The van der Waals surface area contributed by atoms with Crippen LogP contribution in [0.3, 0.4) is 0 Å². The Morgan fingerprint density at radius 2 is 2.12 bits per heavy atom. The van der Waals surface area contributed by atoms with Gasteiger partial charge < -0.3 is 10.2 Å². The number of rotatable bonds is 1. The number of amides is 2. The summed E-state index contributed by atoms with van der Waals surface area (Å²) in [7, 11) is 0. The summed E-state index contributed by atoms with van der Waals surface area (Å²) >= 11 is 1.53. The summed E-state index contributed by atoms with van der Waals surface area (Å²) in [5.41, 5.74) is 3.33. The number of nitrogens with one attached hydrogen (secondary N) is 1. The van der Waals surface area contributed by atoms with E-state index in [1.807, 2.05) is 23.1 Å². The number of benzene rings is 1. The van der Waals surface area contributed by atoms with Crippen LogP contribution in [-0.2, 0) is 6.42 Å². The maximum absolute atomic E-state index is 13.1. The first-order valence-corrected chi connectivity index (χ1v) is 10.2. The monoisotopic (exact) mass is 366 g/mol. The molecule has 1 N–H and O–H groups in total. The van der Waals surface area contributed by atoms with E-state index in [-0.39, 0.29) is 11.8 Å². The SMILES string of the molecule is CC1=CC[C@@H]2CN(C(=O)c3ccc4sc5c(c4c3)CCNC5=O)C[C@@H]2C1. The number of thiophene rings is 1. The van der Waals surface area contributed by atoms with Gasteiger partial charge >= 0.3 is 0 Å². The van der Waals surface area contributed by atoms with Gasteiger partial charge in [0, 0.05) is 29.9 Å². The normalized spacial score (nSPS) is 24.9. The van der Waals surface area contributed by atoms with E-state index in [0.29, 0.717) is 18.4 Å². The fourth-order valence-electron chi connectivity index (χ4n) is 4.73. The molecule has 0 radical (unpaired) electrons. The standard InChI is InChI=1S/C21H22N2O2S/c1-12-2-3-14-10-23(11-15(14)8-12)21(25)13-4-5-18-17(9-13)16-6-7-22-20(24)19(16)26-18/h2,4-5,9,14-15H,3,6-8,10-11H2,1H3,(H,22,24)/t14-,15+/m1/s1. The van der Waals surface area contributed by atoms with Crippen molar-refractivity contribution in [3.05, 3.63) is 45.9 Å². The lowest BCUT2D eigenvalue weighted by atomic mass is 9.83. The van der Waals surface area contributed by atoms with Crippen molar-refractivity contribution in [2.75, 3.05) is 19.6 Å². The second-order valence-corrected chi connectivity index (χ2v) is 8.90. The summed E-state index contributed by atoms with van der Waals surface area (Å²) in [6.07, 6.45) is 5.41. The zero-order valence-electron chi connectivity index (χ0n) is 14.9. The van der Waals surface area contributed by atoms with Crippen LogP contribution in [0.25, 0.3) is 10.1 Å². The van der Waals surface area contributed by atoms with Gasteiger partial charge in [0.05, 0.1) is 4.88 Å². The highest BCUT2D eigenvalue weighted by molar-refractivity contribution is 7.21. The summed E-state index contributed by atoms with van der Waals surface area (Å²) in [6, 6.07) is 5.95. The largest absolute Gasteiger partial charge is 0.351 e. The highest BCUT2D eigenvalue weighted by Gasteiger charge is 2.36. The van der Waals surface area contributed by atoms with Crippen LogP contribution in [0.2, 0.25) is 0 Å². The van der Waals surface area contributed by atoms with Crippen molar-refractivity contribution in [1.82, 2.24) is 10.2 Å². The van der Waals surface area contributed by atoms with Gasteiger partial charge in [-0.1, -0.05) is 11.6 Å². The number of likely N-dealkylation sites (tertiary alicyclic amines) is 1. The molecule has 2 atom stereocenters. The molecule has 1 aromatic carbocycles. The average molecular weight is 366 g/mol. The number of hydrogen-bond donors (Lipinski definition) is 1. The Morgan fingerprint density at radius 1 is 1.27 bits per heavy atom. The smallest absolute Gasteiger partial charge is 0.261 e. The van der Waals surface area contributed by atoms with Crippen LogP contribution in [0.1, 0.15) is 45.4 Å². The van der Waals surface area contributed by atoms with Crippen LogP contribution in [-0.4, -0.2) is 36.3 Å². The van der Waals surface area contributed by atoms with Crippen molar-refractivity contribution in [3.63, 3.8) is 0 Å². The Hall–Kier alpha value is -2.14. The number of fused-ring (bicyclic) bond motifs is 4. The highest BCUT2D eigenvalue weighted by atomic mass is 32.1. The molecule has 26 heavy (non-hydrogen) atoms. The Bertz CT molecular complexity index is 958. The molecule has 0 saturated carbocycles. The number of carbonyl (C=O) groups excluding carboxylic acids is 2. The van der Waals surface area contributed by atoms with E-state index in [1.165, 1.54) is 16.9 Å². The minimum Gasteiger partial charge on any atom is -0.351 e. The van der Waals surface area contributed by atoms with Gasteiger partial charge in [-0.3, -0.25) is 9.59 Å². The number of nitrogens with zero attached hydrogens (tertiary/aromatic N) is 1. The minimum atomic E-state index is 0.0202. The zero-order chi connectivity index (χ0) is 17.8. The van der Waals surface area contributed by atoms with Gasteiger partial charge in [0.15, 0.2) is 0 Å². The van der Waals surface area contributed by atoms with Gasteiger partial charge in [0.25, 0.3) is 11.8 Å². The predicted octanol–water partition coefficient (Wildman–Crippen LogP) is 3.62. The van der Waals surface area contributed by atoms with Gasteiger partial charge in [-0.05, 0) is 67.2 Å². The molecule has 5 heteroatoms. The van der Waals surface area contributed by atoms with Crippen LogP contribution < -0.4 is 5.32 Å². The molecule has 2 amide bonds. The molecule has 1 aromatic heterocycles. The van der Waals surface area contributed by atoms with Crippen LogP contribution in [0.15, 0.2) is 29.8 Å². The summed E-state index contributed by atoms with van der Waals surface area (Å²) in [4.78, 5) is 28.0. The molecule has 2 aromatic rings. The van der Waals surface area contributed by atoms with Gasteiger partial charge in [-0.15, -0.1) is 11.3 Å². The Kier molecular flexibility index (Phi) is 3.67. The summed E-state index contributed by atoms with van der Waals surface area (Å²) in [5, 5.41) is 3.99. The molecule has 2 aliphatic heterocycles. The molecule has 1 aliphatic carbocycles. The van der Waals surface area contributed by atoms with Gasteiger partial charge in [-0.25, -0.2) is 0 Å². The third kappa shape index (κ3) is 2.49. The second-order valence-electron chi connectivity index (χ2n) is 7.85. The van der Waals surface area contributed by atoms with Crippen molar-refractivity contribution in [2.45, 2.75) is 26.2 Å². The molecule has 1 fully saturated rings. The first-order chi connectivity index (χ1) is 12.6. The van der Waals surface area contributed by atoms with Gasteiger partial charge in [0.2, 0.25) is 0 Å². The fraction of sp³-hybridized carbons (Fsp3) is 0.429. The molecular formula is C21H22N2O2S. The first-order valence-electron chi connectivity index (χ1n) is 9.38. The lowest BCUT2D eigenvalue weighted by Crippen LogP contribution is -2.30. The third-order valence-corrected chi connectivity index (χ3v) is 7.33. The van der Waals surface area contributed by atoms with Crippen molar-refractivity contribution >= 4 is 33.2 Å². The summed E-state index contributed by atoms with van der Waals surface area (Å²) in [5.74, 6) is 1.39. The van der Waals surface area contributed by atoms with E-state index in [2.05, 4.69) is 18.3 Å². The Balaban J connectivity index is 1.44. The molecule has 134 valence electrons. The van der Waals surface area contributed by atoms with Crippen molar-refractivity contribution in [2.24, 2.45) is 11.8 Å². The van der Waals surface area contributed by atoms with E-state index in [9.17, 15) is 9.59 Å². The van der Waals surface area contributed by atoms with Crippen LogP contribution in [0.5, 0.6) is 0 Å². The Morgan fingerprint density at radius 3 is 3.00 bits per heavy atom. The van der Waals surface area contributed by atoms with E-state index in [4.69, 9.17) is 0 Å². The third-order valence-electron chi connectivity index (χ3n) is 6.12. The summed E-state index contributed by atoms with van der Waals surface area (Å²) in [6.45, 7) is 4.62. The zero-order valence-corrected chi connectivity index (χ0v) is 15.7. The molecule has 4 nitrogen and oxygen atoms in total. The lowest BCUT2D eigenvalue weighted by molar-refractivity contribution is 0.0784. The molecule has 3 aliphatic rings. The van der Waals surface area contributed by atoms with E-state index >= 15 is 0 Å². The predicted molar refractivity (Wildman–Crippen MR) is 104 cm³/mol. The Labute approximate surface area is 156 Å². The van der Waals surface area contributed by atoms with Gasteiger partial charge in [0.1, 0.15) is 0 Å².